The summed E-state index contributed by atoms with van der Waals surface area (Å²) in [5.74, 6) is 0.0806. The molecule has 0 bridgehead atoms. The lowest BCUT2D eigenvalue weighted by Gasteiger charge is -2.29. The van der Waals surface area contributed by atoms with Crippen LogP contribution in [0.15, 0.2) is 12.1 Å². The summed E-state index contributed by atoms with van der Waals surface area (Å²) in [5.41, 5.74) is 1.07. The van der Waals surface area contributed by atoms with Gasteiger partial charge in [0.15, 0.2) is 0 Å². The number of phenolic OH excluding ortho intramolecular Hbond substituents is 1. The van der Waals surface area contributed by atoms with Gasteiger partial charge in [-0.1, -0.05) is 0 Å². The summed E-state index contributed by atoms with van der Waals surface area (Å²) in [5, 5.41) is 20.7. The molecule has 1 fully saturated rings. The maximum absolute atomic E-state index is 11.0. The van der Waals surface area contributed by atoms with Crippen LogP contribution in [-0.2, 0) is 4.74 Å². The molecule has 0 amide bonds. The Labute approximate surface area is 98.6 Å². The van der Waals surface area contributed by atoms with E-state index in [9.17, 15) is 15.2 Å². The fourth-order valence-corrected chi connectivity index (χ4v) is 2.01. The quantitative estimate of drug-likeness (QED) is 0.623. The second-order valence-corrected chi connectivity index (χ2v) is 3.93. The van der Waals surface area contributed by atoms with Gasteiger partial charge < -0.3 is 14.7 Å². The van der Waals surface area contributed by atoms with Crippen molar-refractivity contribution in [2.24, 2.45) is 0 Å². The summed E-state index contributed by atoms with van der Waals surface area (Å²) in [6.07, 6.45) is 0. The Morgan fingerprint density at radius 1 is 1.41 bits per heavy atom. The van der Waals surface area contributed by atoms with Gasteiger partial charge in [-0.25, -0.2) is 0 Å². The number of hydrogen-bond donors (Lipinski definition) is 1. The van der Waals surface area contributed by atoms with Crippen molar-refractivity contribution in [1.29, 1.82) is 0 Å². The lowest BCUT2D eigenvalue weighted by atomic mass is 10.1. The van der Waals surface area contributed by atoms with E-state index in [1.165, 1.54) is 12.1 Å². The molecular weight excluding hydrogens is 224 g/mol. The summed E-state index contributed by atoms with van der Waals surface area (Å²) in [6, 6.07) is 2.70. The minimum Gasteiger partial charge on any atom is -0.508 e. The molecule has 92 valence electrons. The molecular formula is C11H14N2O4. The van der Waals surface area contributed by atoms with Crippen LogP contribution in [0, 0.1) is 17.0 Å². The Bertz CT molecular complexity index is 441. The minimum absolute atomic E-state index is 0.0298. The Morgan fingerprint density at radius 3 is 2.65 bits per heavy atom. The number of benzene rings is 1. The average molecular weight is 238 g/mol. The van der Waals surface area contributed by atoms with Gasteiger partial charge in [-0.3, -0.25) is 10.1 Å². The Hall–Kier alpha value is -1.82. The van der Waals surface area contributed by atoms with E-state index in [1.807, 2.05) is 4.90 Å². The van der Waals surface area contributed by atoms with E-state index in [0.29, 0.717) is 37.6 Å². The molecule has 0 aromatic heterocycles. The predicted molar refractivity (Wildman–Crippen MR) is 62.5 cm³/mol. The second kappa shape index (κ2) is 4.58. The number of anilines is 1. The standard InChI is InChI=1S/C11H14N2O4/c1-8-10(14)3-2-9(13(15)16)11(8)12-4-6-17-7-5-12/h2-3,14H,4-7H2,1H3. The zero-order valence-electron chi connectivity index (χ0n) is 9.55. The molecule has 1 aromatic rings. The monoisotopic (exact) mass is 238 g/mol. The summed E-state index contributed by atoms with van der Waals surface area (Å²) in [4.78, 5) is 12.5. The van der Waals surface area contributed by atoms with Crippen molar-refractivity contribution in [3.8, 4) is 5.75 Å². The van der Waals surface area contributed by atoms with E-state index in [4.69, 9.17) is 4.74 Å². The van der Waals surface area contributed by atoms with Crippen LogP contribution in [0.5, 0.6) is 5.75 Å². The van der Waals surface area contributed by atoms with Gasteiger partial charge in [0.25, 0.3) is 5.69 Å². The number of aromatic hydroxyl groups is 1. The lowest BCUT2D eigenvalue weighted by Crippen LogP contribution is -2.37. The Kier molecular flexibility index (Phi) is 3.14. The summed E-state index contributed by atoms with van der Waals surface area (Å²) >= 11 is 0. The van der Waals surface area contributed by atoms with Crippen molar-refractivity contribution in [1.82, 2.24) is 0 Å². The van der Waals surface area contributed by atoms with Crippen LogP contribution in [0.4, 0.5) is 11.4 Å². The van der Waals surface area contributed by atoms with Crippen LogP contribution in [-0.4, -0.2) is 36.3 Å². The Morgan fingerprint density at radius 2 is 2.06 bits per heavy atom. The van der Waals surface area contributed by atoms with Gasteiger partial charge in [0.2, 0.25) is 0 Å². The molecule has 0 spiro atoms. The fraction of sp³-hybridized carbons (Fsp3) is 0.455. The SMILES string of the molecule is Cc1c(O)ccc([N+](=O)[O-])c1N1CCOCC1. The summed E-state index contributed by atoms with van der Waals surface area (Å²) in [6.45, 7) is 3.99. The zero-order valence-corrected chi connectivity index (χ0v) is 9.55. The van der Waals surface area contributed by atoms with Crippen LogP contribution in [0.1, 0.15) is 5.56 Å². The van der Waals surface area contributed by atoms with Gasteiger partial charge in [-0.05, 0) is 13.0 Å². The lowest BCUT2D eigenvalue weighted by molar-refractivity contribution is -0.384. The van der Waals surface area contributed by atoms with Gasteiger partial charge in [0.1, 0.15) is 11.4 Å². The number of nitro groups is 1. The summed E-state index contributed by atoms with van der Waals surface area (Å²) < 4.78 is 5.22. The van der Waals surface area contributed by atoms with Gasteiger partial charge in [-0.15, -0.1) is 0 Å². The fourth-order valence-electron chi connectivity index (χ4n) is 2.01. The molecule has 0 radical (unpaired) electrons. The van der Waals surface area contributed by atoms with Crippen molar-refractivity contribution in [3.63, 3.8) is 0 Å². The van der Waals surface area contributed by atoms with E-state index in [1.54, 1.807) is 6.92 Å². The number of nitrogens with zero attached hydrogens (tertiary/aromatic N) is 2. The molecule has 1 saturated heterocycles. The van der Waals surface area contributed by atoms with E-state index in [2.05, 4.69) is 0 Å². The topological polar surface area (TPSA) is 75.8 Å². The van der Waals surface area contributed by atoms with Gasteiger partial charge in [0, 0.05) is 24.7 Å². The molecule has 1 aliphatic heterocycles. The van der Waals surface area contributed by atoms with Crippen molar-refractivity contribution < 1.29 is 14.8 Å². The highest BCUT2D eigenvalue weighted by atomic mass is 16.6. The van der Waals surface area contributed by atoms with Crippen LogP contribution < -0.4 is 4.90 Å². The molecule has 1 aliphatic rings. The van der Waals surface area contributed by atoms with Gasteiger partial charge in [0.05, 0.1) is 18.1 Å². The third-order valence-electron chi connectivity index (χ3n) is 2.91. The number of rotatable bonds is 2. The first-order chi connectivity index (χ1) is 8.11. The highest BCUT2D eigenvalue weighted by molar-refractivity contribution is 5.71. The molecule has 0 saturated carbocycles. The Balaban J connectivity index is 2.48. The summed E-state index contributed by atoms with van der Waals surface area (Å²) in [7, 11) is 0. The molecule has 6 heteroatoms. The molecule has 0 aliphatic carbocycles. The first-order valence-electron chi connectivity index (χ1n) is 5.41. The van der Waals surface area contributed by atoms with E-state index < -0.39 is 4.92 Å². The predicted octanol–water partition coefficient (Wildman–Crippen LogP) is 1.45. The van der Waals surface area contributed by atoms with Crippen molar-refractivity contribution in [3.05, 3.63) is 27.8 Å². The smallest absolute Gasteiger partial charge is 0.293 e. The molecule has 2 rings (SSSR count). The van der Waals surface area contributed by atoms with Gasteiger partial charge >= 0.3 is 0 Å². The van der Waals surface area contributed by atoms with Crippen LogP contribution in [0.2, 0.25) is 0 Å². The number of phenols is 1. The third kappa shape index (κ3) is 2.16. The highest BCUT2D eigenvalue weighted by Crippen LogP contribution is 2.36. The van der Waals surface area contributed by atoms with Crippen LogP contribution in [0.25, 0.3) is 0 Å². The number of morpholine rings is 1. The molecule has 1 aromatic carbocycles. The number of hydrogen-bond acceptors (Lipinski definition) is 5. The number of nitro benzene ring substituents is 1. The van der Waals surface area contributed by atoms with Crippen LogP contribution in [0.3, 0.4) is 0 Å². The molecule has 0 unspecified atom stereocenters. The molecule has 0 atom stereocenters. The maximum Gasteiger partial charge on any atom is 0.293 e. The normalized spacial score (nSPS) is 15.9. The largest absolute Gasteiger partial charge is 0.508 e. The first-order valence-corrected chi connectivity index (χ1v) is 5.41. The molecule has 1 heterocycles. The molecule has 17 heavy (non-hydrogen) atoms. The third-order valence-corrected chi connectivity index (χ3v) is 2.91. The highest BCUT2D eigenvalue weighted by Gasteiger charge is 2.24. The van der Waals surface area contributed by atoms with Crippen molar-refractivity contribution >= 4 is 11.4 Å². The molecule has 6 nitrogen and oxygen atoms in total. The van der Waals surface area contributed by atoms with E-state index >= 15 is 0 Å². The van der Waals surface area contributed by atoms with E-state index in [0.717, 1.165) is 0 Å². The van der Waals surface area contributed by atoms with Crippen LogP contribution >= 0.6 is 0 Å². The molecule has 1 N–H and O–H groups in total. The minimum atomic E-state index is -0.419. The van der Waals surface area contributed by atoms with Crippen molar-refractivity contribution in [2.75, 3.05) is 31.2 Å². The number of ether oxygens (including phenoxy) is 1. The van der Waals surface area contributed by atoms with Crippen molar-refractivity contribution in [2.45, 2.75) is 6.92 Å². The maximum atomic E-state index is 11.0. The van der Waals surface area contributed by atoms with Gasteiger partial charge in [-0.2, -0.15) is 0 Å². The second-order valence-electron chi connectivity index (χ2n) is 3.93. The first kappa shape index (κ1) is 11.7. The van der Waals surface area contributed by atoms with E-state index in [-0.39, 0.29) is 11.4 Å². The average Bonchev–Trinajstić information content (AvgIpc) is 2.33. The zero-order chi connectivity index (χ0) is 12.4.